The summed E-state index contributed by atoms with van der Waals surface area (Å²) in [4.78, 5) is 1.74. The van der Waals surface area contributed by atoms with Crippen LogP contribution in [-0.2, 0) is 6.18 Å². The first-order chi connectivity index (χ1) is 9.97. The summed E-state index contributed by atoms with van der Waals surface area (Å²) < 4.78 is 57.9. The van der Waals surface area contributed by atoms with Crippen molar-refractivity contribution in [1.82, 2.24) is 10.2 Å². The Hall–Kier alpha value is -1.05. The predicted octanol–water partition coefficient (Wildman–Crippen LogP) is 3.05. The Bertz CT molecular complexity index is 478. The zero-order valence-electron chi connectivity index (χ0n) is 12.1. The summed E-state index contributed by atoms with van der Waals surface area (Å²) in [7, 11) is 1.30. The molecule has 0 amide bonds. The van der Waals surface area contributed by atoms with Gasteiger partial charge in [0.2, 0.25) is 0 Å². The van der Waals surface area contributed by atoms with Crippen molar-refractivity contribution in [1.29, 1.82) is 0 Å². The van der Waals surface area contributed by atoms with E-state index < -0.39 is 24.5 Å². The van der Waals surface area contributed by atoms with Crippen molar-refractivity contribution in [3.63, 3.8) is 0 Å². The molecule has 1 aromatic rings. The van der Waals surface area contributed by atoms with Gasteiger partial charge in [0.1, 0.15) is 12.4 Å². The Morgan fingerprint density at radius 2 is 1.91 bits per heavy atom. The van der Waals surface area contributed by atoms with Gasteiger partial charge < -0.3 is 10.1 Å². The van der Waals surface area contributed by atoms with E-state index in [9.17, 15) is 17.6 Å². The molecule has 22 heavy (non-hydrogen) atoms. The third-order valence-corrected chi connectivity index (χ3v) is 3.66. The quantitative estimate of drug-likeness (QED) is 0.851. The number of alkyl halides is 4. The Morgan fingerprint density at radius 3 is 2.41 bits per heavy atom. The maximum atomic E-state index is 13.4. The van der Waals surface area contributed by atoms with Gasteiger partial charge in [-0.25, -0.2) is 4.39 Å². The lowest BCUT2D eigenvalue weighted by atomic mass is 9.98. The average molecular weight is 343 g/mol. The largest absolute Gasteiger partial charge is 0.497 e. The zero-order chi connectivity index (χ0) is 15.5. The molecule has 1 aromatic carbocycles. The third-order valence-electron chi connectivity index (χ3n) is 3.66. The Labute approximate surface area is 133 Å². The Balaban J connectivity index is 0.00000242. The summed E-state index contributed by atoms with van der Waals surface area (Å²) >= 11 is 0. The number of ether oxygens (including phenoxy) is 1. The number of hydrogen-bond donors (Lipinski definition) is 1. The van der Waals surface area contributed by atoms with Crippen LogP contribution in [0.1, 0.15) is 17.2 Å². The highest BCUT2D eigenvalue weighted by molar-refractivity contribution is 5.85. The van der Waals surface area contributed by atoms with Gasteiger partial charge >= 0.3 is 6.18 Å². The van der Waals surface area contributed by atoms with Crippen LogP contribution in [0.2, 0.25) is 0 Å². The molecule has 3 nitrogen and oxygen atoms in total. The molecular formula is C14H19ClF4N2O. The first-order valence-corrected chi connectivity index (χ1v) is 6.73. The number of nitrogens with zero attached hydrogens (tertiary/aromatic N) is 1. The molecule has 0 bridgehead atoms. The van der Waals surface area contributed by atoms with Gasteiger partial charge in [-0.3, -0.25) is 4.90 Å². The maximum Gasteiger partial charge on any atom is 0.416 e. The number of rotatable bonds is 4. The number of benzene rings is 1. The van der Waals surface area contributed by atoms with E-state index in [1.165, 1.54) is 19.2 Å². The summed E-state index contributed by atoms with van der Waals surface area (Å²) in [6.45, 7) is 1.49. The number of piperazine rings is 1. The van der Waals surface area contributed by atoms with E-state index in [-0.39, 0.29) is 23.7 Å². The van der Waals surface area contributed by atoms with E-state index in [0.29, 0.717) is 26.2 Å². The molecule has 1 aliphatic rings. The molecule has 1 fully saturated rings. The Morgan fingerprint density at radius 1 is 1.27 bits per heavy atom. The smallest absolute Gasteiger partial charge is 0.416 e. The highest BCUT2D eigenvalue weighted by Crippen LogP contribution is 2.38. The average Bonchev–Trinajstić information content (AvgIpc) is 2.48. The second kappa shape index (κ2) is 7.99. The minimum absolute atomic E-state index is 0. The monoisotopic (exact) mass is 342 g/mol. The summed E-state index contributed by atoms with van der Waals surface area (Å²) in [6, 6.07) is 2.80. The van der Waals surface area contributed by atoms with Gasteiger partial charge in [0.05, 0.1) is 18.7 Å². The van der Waals surface area contributed by atoms with Crippen LogP contribution in [0, 0.1) is 0 Å². The van der Waals surface area contributed by atoms with Gasteiger partial charge in [-0.2, -0.15) is 13.2 Å². The highest BCUT2D eigenvalue weighted by atomic mass is 35.5. The molecule has 0 aromatic heterocycles. The van der Waals surface area contributed by atoms with E-state index in [1.54, 1.807) is 4.90 Å². The molecule has 1 heterocycles. The van der Waals surface area contributed by atoms with Gasteiger partial charge in [0.15, 0.2) is 0 Å². The lowest BCUT2D eigenvalue weighted by Gasteiger charge is -2.34. The van der Waals surface area contributed by atoms with Crippen LogP contribution < -0.4 is 10.1 Å². The Kier molecular flexibility index (Phi) is 6.90. The van der Waals surface area contributed by atoms with Crippen LogP contribution >= 0.6 is 12.4 Å². The zero-order valence-corrected chi connectivity index (χ0v) is 12.9. The van der Waals surface area contributed by atoms with Crippen molar-refractivity contribution >= 4 is 12.4 Å². The minimum Gasteiger partial charge on any atom is -0.497 e. The molecule has 126 valence electrons. The SMILES string of the molecule is COc1ccc([C@H](CF)N2CCNCC2)c(C(F)(F)F)c1.Cl. The first kappa shape index (κ1) is 19.0. The van der Waals surface area contributed by atoms with Gasteiger partial charge in [-0.15, -0.1) is 12.4 Å². The van der Waals surface area contributed by atoms with Crippen molar-refractivity contribution in [2.24, 2.45) is 0 Å². The molecule has 2 rings (SSSR count). The second-order valence-corrected chi connectivity index (χ2v) is 4.91. The number of hydrogen-bond acceptors (Lipinski definition) is 3. The summed E-state index contributed by atoms with van der Waals surface area (Å²) in [5, 5.41) is 3.10. The van der Waals surface area contributed by atoms with Gasteiger partial charge in [-0.1, -0.05) is 6.07 Å². The summed E-state index contributed by atoms with van der Waals surface area (Å²) in [6.07, 6.45) is -4.54. The van der Waals surface area contributed by atoms with Gasteiger partial charge in [-0.05, 0) is 17.7 Å². The van der Waals surface area contributed by atoms with Crippen molar-refractivity contribution in [3.8, 4) is 5.75 Å². The highest BCUT2D eigenvalue weighted by Gasteiger charge is 2.37. The van der Waals surface area contributed by atoms with Crippen LogP contribution in [0.15, 0.2) is 18.2 Å². The van der Waals surface area contributed by atoms with Gasteiger partial charge in [0.25, 0.3) is 0 Å². The van der Waals surface area contributed by atoms with E-state index in [0.717, 1.165) is 6.07 Å². The van der Waals surface area contributed by atoms with Gasteiger partial charge in [0, 0.05) is 26.2 Å². The second-order valence-electron chi connectivity index (χ2n) is 4.91. The fourth-order valence-electron chi connectivity index (χ4n) is 2.57. The topological polar surface area (TPSA) is 24.5 Å². The molecule has 0 aliphatic carbocycles. The van der Waals surface area contributed by atoms with E-state index in [2.05, 4.69) is 5.32 Å². The van der Waals surface area contributed by atoms with Crippen LogP contribution in [0.5, 0.6) is 5.75 Å². The fourth-order valence-corrected chi connectivity index (χ4v) is 2.57. The molecule has 8 heteroatoms. The molecule has 0 radical (unpaired) electrons. The van der Waals surface area contributed by atoms with Crippen molar-refractivity contribution in [3.05, 3.63) is 29.3 Å². The molecule has 1 aliphatic heterocycles. The van der Waals surface area contributed by atoms with Crippen molar-refractivity contribution in [2.45, 2.75) is 12.2 Å². The van der Waals surface area contributed by atoms with Crippen molar-refractivity contribution in [2.75, 3.05) is 40.0 Å². The van der Waals surface area contributed by atoms with Crippen LogP contribution in [0.3, 0.4) is 0 Å². The first-order valence-electron chi connectivity index (χ1n) is 6.73. The predicted molar refractivity (Wildman–Crippen MR) is 78.4 cm³/mol. The van der Waals surface area contributed by atoms with Crippen LogP contribution in [-0.4, -0.2) is 44.9 Å². The number of methoxy groups -OCH3 is 1. The minimum atomic E-state index is -4.54. The molecule has 1 saturated heterocycles. The summed E-state index contributed by atoms with van der Waals surface area (Å²) in [5.41, 5.74) is -0.865. The molecular weight excluding hydrogens is 324 g/mol. The maximum absolute atomic E-state index is 13.4. The molecule has 1 N–H and O–H groups in total. The van der Waals surface area contributed by atoms with E-state index in [4.69, 9.17) is 4.74 Å². The standard InChI is InChI=1S/C14H18F4N2O.ClH/c1-21-10-2-3-11(12(8-10)14(16,17)18)13(9-15)20-6-4-19-5-7-20;/h2-3,8,13,19H,4-7,9H2,1H3;1H/t13-;/m0./s1. The fraction of sp³-hybridized carbons (Fsp3) is 0.571. The molecule has 0 unspecified atom stereocenters. The van der Waals surface area contributed by atoms with E-state index in [1.807, 2.05) is 0 Å². The lowest BCUT2D eigenvalue weighted by Crippen LogP contribution is -2.46. The lowest BCUT2D eigenvalue weighted by molar-refractivity contribution is -0.139. The molecule has 0 saturated carbocycles. The summed E-state index contributed by atoms with van der Waals surface area (Å²) in [5.74, 6) is 0.115. The number of halogens is 5. The number of nitrogens with one attached hydrogen (secondary N) is 1. The van der Waals surface area contributed by atoms with Crippen LogP contribution in [0.4, 0.5) is 17.6 Å². The molecule has 0 spiro atoms. The van der Waals surface area contributed by atoms with Crippen LogP contribution in [0.25, 0.3) is 0 Å². The van der Waals surface area contributed by atoms with Crippen molar-refractivity contribution < 1.29 is 22.3 Å². The molecule has 1 atom stereocenters. The normalized spacial score (nSPS) is 17.7. The van der Waals surface area contributed by atoms with E-state index >= 15 is 0 Å². The third kappa shape index (κ3) is 4.24.